The molecule has 0 aliphatic carbocycles. The van der Waals surface area contributed by atoms with Crippen molar-refractivity contribution in [3.63, 3.8) is 0 Å². The second-order valence-corrected chi connectivity index (χ2v) is 6.14. The van der Waals surface area contributed by atoms with E-state index in [9.17, 15) is 19.3 Å². The van der Waals surface area contributed by atoms with Gasteiger partial charge in [-0.15, -0.1) is 0 Å². The maximum Gasteiger partial charge on any atom is 0.293 e. The van der Waals surface area contributed by atoms with E-state index >= 15 is 0 Å². The highest BCUT2D eigenvalue weighted by Gasteiger charge is 2.18. The molecule has 0 aliphatic rings. The van der Waals surface area contributed by atoms with E-state index in [-0.39, 0.29) is 17.1 Å². The van der Waals surface area contributed by atoms with Crippen molar-refractivity contribution in [2.24, 2.45) is 0 Å². The second-order valence-electron chi connectivity index (χ2n) is 5.10. The first-order valence-electron chi connectivity index (χ1n) is 7.37. The van der Waals surface area contributed by atoms with Crippen LogP contribution in [0, 0.1) is 15.9 Å². The third-order valence-electron chi connectivity index (χ3n) is 3.39. The van der Waals surface area contributed by atoms with Crippen LogP contribution in [0.2, 0.25) is 0 Å². The minimum absolute atomic E-state index is 0.138. The van der Waals surface area contributed by atoms with Gasteiger partial charge in [-0.3, -0.25) is 20.2 Å². The van der Waals surface area contributed by atoms with Gasteiger partial charge in [-0.1, -0.05) is 11.3 Å². The van der Waals surface area contributed by atoms with Crippen LogP contribution in [0.1, 0.15) is 17.3 Å². The molecule has 1 amide bonds. The summed E-state index contributed by atoms with van der Waals surface area (Å²) in [5.74, 6) is -0.908. The SMILES string of the molecule is CCNc1ccc(C(=O)Nc2nc3ccc(F)cc3s2)cc1[N+](=O)[O-]. The van der Waals surface area contributed by atoms with Gasteiger partial charge in [0.2, 0.25) is 0 Å². The fourth-order valence-corrected chi connectivity index (χ4v) is 3.17. The fourth-order valence-electron chi connectivity index (χ4n) is 2.29. The zero-order valence-electron chi connectivity index (χ0n) is 13.1. The Labute approximate surface area is 145 Å². The highest BCUT2D eigenvalue weighted by atomic mass is 32.1. The summed E-state index contributed by atoms with van der Waals surface area (Å²) < 4.78 is 13.8. The quantitative estimate of drug-likeness (QED) is 0.529. The molecule has 0 aliphatic heterocycles. The molecule has 0 fully saturated rings. The van der Waals surface area contributed by atoms with E-state index in [0.717, 1.165) is 11.3 Å². The molecule has 1 aromatic heterocycles. The first kappa shape index (κ1) is 16.8. The molecule has 128 valence electrons. The molecule has 7 nitrogen and oxygen atoms in total. The van der Waals surface area contributed by atoms with Crippen LogP contribution in [0.15, 0.2) is 36.4 Å². The van der Waals surface area contributed by atoms with Gasteiger partial charge in [0, 0.05) is 18.2 Å². The summed E-state index contributed by atoms with van der Waals surface area (Å²) in [6, 6.07) is 8.33. The van der Waals surface area contributed by atoms with Crippen molar-refractivity contribution in [2.75, 3.05) is 17.2 Å². The molecular formula is C16H13FN4O3S. The average molecular weight is 360 g/mol. The molecule has 3 aromatic rings. The van der Waals surface area contributed by atoms with Crippen LogP contribution >= 0.6 is 11.3 Å². The predicted octanol–water partition coefficient (Wildman–Crippen LogP) is 4.03. The van der Waals surface area contributed by atoms with Gasteiger partial charge in [0.1, 0.15) is 11.5 Å². The van der Waals surface area contributed by atoms with Crippen molar-refractivity contribution in [1.82, 2.24) is 4.98 Å². The standard InChI is InChI=1S/C16H13FN4O3S/c1-2-18-11-5-3-9(7-13(11)21(23)24)15(22)20-16-19-12-6-4-10(17)8-14(12)25-16/h3-8,18H,2H2,1H3,(H,19,20,22). The van der Waals surface area contributed by atoms with Crippen molar-refractivity contribution < 1.29 is 14.1 Å². The molecule has 0 spiro atoms. The number of nitro benzene ring substituents is 1. The number of hydrogen-bond acceptors (Lipinski definition) is 6. The van der Waals surface area contributed by atoms with Gasteiger partial charge in [-0.25, -0.2) is 9.37 Å². The van der Waals surface area contributed by atoms with Gasteiger partial charge in [0.05, 0.1) is 15.1 Å². The number of nitro groups is 1. The summed E-state index contributed by atoms with van der Waals surface area (Å²) in [6.45, 7) is 2.34. The van der Waals surface area contributed by atoms with Crippen LogP contribution in [0.25, 0.3) is 10.2 Å². The van der Waals surface area contributed by atoms with Gasteiger partial charge in [0.15, 0.2) is 5.13 Å². The number of fused-ring (bicyclic) bond motifs is 1. The number of nitrogens with zero attached hydrogens (tertiary/aromatic N) is 2. The van der Waals surface area contributed by atoms with Gasteiger partial charge >= 0.3 is 0 Å². The zero-order valence-corrected chi connectivity index (χ0v) is 13.9. The number of thiazole rings is 1. The van der Waals surface area contributed by atoms with Crippen LogP contribution < -0.4 is 10.6 Å². The van der Waals surface area contributed by atoms with E-state index in [0.29, 0.717) is 27.6 Å². The lowest BCUT2D eigenvalue weighted by atomic mass is 10.1. The summed E-state index contributed by atoms with van der Waals surface area (Å²) in [5.41, 5.74) is 0.870. The largest absolute Gasteiger partial charge is 0.380 e. The number of hydrogen-bond donors (Lipinski definition) is 2. The Morgan fingerprint density at radius 2 is 2.12 bits per heavy atom. The predicted molar refractivity (Wildman–Crippen MR) is 94.8 cm³/mol. The minimum atomic E-state index is -0.546. The second kappa shape index (κ2) is 6.81. The maximum atomic E-state index is 13.2. The van der Waals surface area contributed by atoms with Crippen LogP contribution in [0.4, 0.5) is 20.9 Å². The lowest BCUT2D eigenvalue weighted by Gasteiger charge is -2.06. The number of aromatic nitrogens is 1. The molecule has 0 atom stereocenters. The summed E-state index contributed by atoms with van der Waals surface area (Å²) in [4.78, 5) is 27.2. The van der Waals surface area contributed by atoms with Crippen LogP contribution in [0.5, 0.6) is 0 Å². The van der Waals surface area contributed by atoms with E-state index in [2.05, 4.69) is 15.6 Å². The van der Waals surface area contributed by atoms with Gasteiger partial charge in [-0.2, -0.15) is 0 Å². The third kappa shape index (κ3) is 3.56. The van der Waals surface area contributed by atoms with Gasteiger partial charge in [0.25, 0.3) is 11.6 Å². The van der Waals surface area contributed by atoms with Crippen molar-refractivity contribution in [1.29, 1.82) is 0 Å². The number of anilines is 2. The molecular weight excluding hydrogens is 347 g/mol. The summed E-state index contributed by atoms with van der Waals surface area (Å²) in [6.07, 6.45) is 0. The van der Waals surface area contributed by atoms with Crippen LogP contribution in [-0.4, -0.2) is 22.4 Å². The van der Waals surface area contributed by atoms with E-state index in [1.165, 1.54) is 36.4 Å². The molecule has 0 radical (unpaired) electrons. The lowest BCUT2D eigenvalue weighted by molar-refractivity contribution is -0.384. The van der Waals surface area contributed by atoms with Crippen LogP contribution in [-0.2, 0) is 0 Å². The number of halogens is 1. The van der Waals surface area contributed by atoms with Crippen molar-refractivity contribution >= 4 is 44.0 Å². The highest BCUT2D eigenvalue weighted by molar-refractivity contribution is 7.22. The van der Waals surface area contributed by atoms with Gasteiger partial charge in [-0.05, 0) is 37.3 Å². The molecule has 0 saturated heterocycles. The molecule has 25 heavy (non-hydrogen) atoms. The Balaban J connectivity index is 1.86. The summed E-state index contributed by atoms with van der Waals surface area (Å²) in [7, 11) is 0. The van der Waals surface area contributed by atoms with Crippen molar-refractivity contribution in [3.05, 3.63) is 57.9 Å². The average Bonchev–Trinajstić information content (AvgIpc) is 2.96. The molecule has 2 aromatic carbocycles. The van der Waals surface area contributed by atoms with Crippen LogP contribution in [0.3, 0.4) is 0 Å². The number of rotatable bonds is 5. The number of nitrogens with one attached hydrogen (secondary N) is 2. The molecule has 0 saturated carbocycles. The Morgan fingerprint density at radius 3 is 2.84 bits per heavy atom. The fraction of sp³-hybridized carbons (Fsp3) is 0.125. The first-order chi connectivity index (χ1) is 12.0. The van der Waals surface area contributed by atoms with Crippen molar-refractivity contribution in [2.45, 2.75) is 6.92 Å². The normalized spacial score (nSPS) is 10.6. The zero-order chi connectivity index (χ0) is 18.0. The van der Waals surface area contributed by atoms with E-state index < -0.39 is 10.8 Å². The molecule has 9 heteroatoms. The molecule has 2 N–H and O–H groups in total. The topological polar surface area (TPSA) is 97.2 Å². The third-order valence-corrected chi connectivity index (χ3v) is 4.33. The summed E-state index contributed by atoms with van der Waals surface area (Å²) in [5, 5.41) is 16.9. The summed E-state index contributed by atoms with van der Waals surface area (Å²) >= 11 is 1.13. The molecule has 0 unspecified atom stereocenters. The Hall–Kier alpha value is -3.07. The lowest BCUT2D eigenvalue weighted by Crippen LogP contribution is -2.12. The van der Waals surface area contributed by atoms with E-state index in [1.807, 2.05) is 6.92 Å². The van der Waals surface area contributed by atoms with Gasteiger partial charge < -0.3 is 5.32 Å². The molecule has 1 heterocycles. The Morgan fingerprint density at radius 1 is 1.32 bits per heavy atom. The van der Waals surface area contributed by atoms with E-state index in [1.54, 1.807) is 0 Å². The molecule has 0 bridgehead atoms. The number of carbonyl (C=O) groups is 1. The Bertz CT molecular complexity index is 973. The molecule has 3 rings (SSSR count). The number of amides is 1. The smallest absolute Gasteiger partial charge is 0.293 e. The Kier molecular flexibility index (Phi) is 4.57. The highest BCUT2D eigenvalue weighted by Crippen LogP contribution is 2.28. The number of benzene rings is 2. The van der Waals surface area contributed by atoms with E-state index in [4.69, 9.17) is 0 Å². The van der Waals surface area contributed by atoms with Crippen molar-refractivity contribution in [3.8, 4) is 0 Å². The number of carbonyl (C=O) groups excluding carboxylic acids is 1. The first-order valence-corrected chi connectivity index (χ1v) is 8.19. The minimum Gasteiger partial charge on any atom is -0.380 e. The monoisotopic (exact) mass is 360 g/mol. The maximum absolute atomic E-state index is 13.2.